The normalized spacial score (nSPS) is 24.7. The molecule has 3 heterocycles. The molecule has 0 saturated carbocycles. The molecule has 32 heavy (non-hydrogen) atoms. The molecule has 1 spiro atoms. The van der Waals surface area contributed by atoms with Gasteiger partial charge in [0.25, 0.3) is 5.91 Å². The van der Waals surface area contributed by atoms with Gasteiger partial charge in [-0.05, 0) is 47.2 Å². The van der Waals surface area contributed by atoms with Crippen molar-refractivity contribution >= 4 is 29.5 Å². The molecule has 1 N–H and O–H groups in total. The Hall–Kier alpha value is -3.58. The van der Waals surface area contributed by atoms with Gasteiger partial charge in [-0.2, -0.15) is 5.10 Å². The first-order valence-electron chi connectivity index (χ1n) is 10.3. The molecule has 1 saturated heterocycles. The van der Waals surface area contributed by atoms with Crippen LogP contribution in [-0.2, 0) is 4.79 Å². The summed E-state index contributed by atoms with van der Waals surface area (Å²) in [6, 6.07) is 23.9. The molecule has 1 amide bonds. The van der Waals surface area contributed by atoms with Crippen molar-refractivity contribution in [1.82, 2.24) is 10.3 Å². The third-order valence-corrected chi connectivity index (χ3v) is 6.93. The van der Waals surface area contributed by atoms with Gasteiger partial charge in [-0.15, -0.1) is 0 Å². The number of amides is 1. The minimum Gasteiger partial charge on any atom is -0.439 e. The number of fused-ring (bicyclic) bond motifs is 4. The van der Waals surface area contributed by atoms with Gasteiger partial charge in [-0.25, -0.2) is 9.40 Å². The fraction of sp³-hybridized carbons (Fsp3) is 0.120. The highest BCUT2D eigenvalue weighted by Gasteiger charge is 2.57. The topological polar surface area (TPSA) is 53.9 Å². The van der Waals surface area contributed by atoms with E-state index >= 15 is 0 Å². The first kappa shape index (κ1) is 19.1. The van der Waals surface area contributed by atoms with Crippen molar-refractivity contribution in [2.75, 3.05) is 0 Å². The Labute approximate surface area is 188 Å². The zero-order valence-electron chi connectivity index (χ0n) is 16.9. The quantitative estimate of drug-likeness (QED) is 0.574. The summed E-state index contributed by atoms with van der Waals surface area (Å²) < 4.78 is 19.7. The van der Waals surface area contributed by atoms with E-state index in [-0.39, 0.29) is 17.8 Å². The molecule has 0 aromatic heterocycles. The van der Waals surface area contributed by atoms with Crippen LogP contribution in [0.5, 0.6) is 5.75 Å². The summed E-state index contributed by atoms with van der Waals surface area (Å²) in [5, 5.41) is 8.61. The number of halogens is 1. The molecular weight excluding hydrogens is 425 g/mol. The number of hydrazone groups is 1. The number of ether oxygens (including phenoxy) is 1. The van der Waals surface area contributed by atoms with Gasteiger partial charge in [0, 0.05) is 12.0 Å². The molecule has 0 bridgehead atoms. The Kier molecular flexibility index (Phi) is 4.33. The average molecular weight is 444 g/mol. The van der Waals surface area contributed by atoms with E-state index in [2.05, 4.69) is 5.32 Å². The van der Waals surface area contributed by atoms with Crippen LogP contribution in [-0.4, -0.2) is 21.8 Å². The molecule has 0 radical (unpaired) electrons. The fourth-order valence-electron chi connectivity index (χ4n) is 4.26. The lowest BCUT2D eigenvalue weighted by Gasteiger charge is -2.43. The number of thioether (sulfide) groups is 1. The summed E-state index contributed by atoms with van der Waals surface area (Å²) in [5.41, 5.74) is 3.77. The third kappa shape index (κ3) is 3.08. The van der Waals surface area contributed by atoms with E-state index in [1.54, 1.807) is 18.2 Å². The van der Waals surface area contributed by atoms with Crippen LogP contribution in [0.25, 0.3) is 6.08 Å². The largest absolute Gasteiger partial charge is 0.439 e. The average Bonchev–Trinajstić information content (AvgIpc) is 3.39. The molecule has 3 aromatic rings. The van der Waals surface area contributed by atoms with Gasteiger partial charge in [0.2, 0.25) is 0 Å². The monoisotopic (exact) mass is 443 g/mol. The number of carbonyl (C=O) groups excluding carboxylic acids is 1. The predicted octanol–water partition coefficient (Wildman–Crippen LogP) is 4.88. The molecule has 3 aliphatic heterocycles. The molecule has 3 aromatic carbocycles. The van der Waals surface area contributed by atoms with Crippen molar-refractivity contribution in [2.45, 2.75) is 17.6 Å². The van der Waals surface area contributed by atoms with Crippen LogP contribution >= 0.6 is 11.8 Å². The minimum absolute atomic E-state index is 0.0619. The van der Waals surface area contributed by atoms with Crippen LogP contribution in [0.2, 0.25) is 0 Å². The van der Waals surface area contributed by atoms with Gasteiger partial charge in [0.15, 0.2) is 0 Å². The predicted molar refractivity (Wildman–Crippen MR) is 122 cm³/mol. The second-order valence-corrected chi connectivity index (χ2v) is 9.01. The Bertz CT molecular complexity index is 1280. The lowest BCUT2D eigenvalue weighted by molar-refractivity contribution is -0.127. The maximum Gasteiger partial charge on any atom is 0.336 e. The van der Waals surface area contributed by atoms with Crippen LogP contribution in [0, 0.1) is 5.82 Å². The second kappa shape index (κ2) is 7.24. The van der Waals surface area contributed by atoms with Crippen molar-refractivity contribution in [3.63, 3.8) is 0 Å². The van der Waals surface area contributed by atoms with Gasteiger partial charge in [0.05, 0.1) is 16.7 Å². The summed E-state index contributed by atoms with van der Waals surface area (Å²) >= 11 is 1.28. The number of nitrogens with one attached hydrogen (secondary N) is 1. The zero-order chi connectivity index (χ0) is 21.7. The number of para-hydroxylation sites is 1. The molecular formula is C25H18FN3O2S. The Morgan fingerprint density at radius 3 is 2.62 bits per heavy atom. The second-order valence-electron chi connectivity index (χ2n) is 7.82. The first-order chi connectivity index (χ1) is 15.6. The van der Waals surface area contributed by atoms with E-state index in [0.717, 1.165) is 28.2 Å². The third-order valence-electron chi connectivity index (χ3n) is 5.76. The molecule has 3 aliphatic rings. The molecule has 5 nitrogen and oxygen atoms in total. The van der Waals surface area contributed by atoms with E-state index < -0.39 is 5.18 Å². The lowest BCUT2D eigenvalue weighted by atomic mass is 9.97. The van der Waals surface area contributed by atoms with Gasteiger partial charge >= 0.3 is 5.18 Å². The van der Waals surface area contributed by atoms with E-state index in [1.165, 1.54) is 23.9 Å². The van der Waals surface area contributed by atoms with Crippen LogP contribution in [0.15, 0.2) is 88.9 Å². The van der Waals surface area contributed by atoms with Crippen LogP contribution in [0.3, 0.4) is 0 Å². The van der Waals surface area contributed by atoms with Crippen LogP contribution in [0.1, 0.15) is 29.2 Å². The molecule has 6 rings (SSSR count). The smallest absolute Gasteiger partial charge is 0.336 e. The zero-order valence-corrected chi connectivity index (χ0v) is 17.7. The molecule has 7 heteroatoms. The van der Waals surface area contributed by atoms with E-state index in [1.807, 2.05) is 59.6 Å². The summed E-state index contributed by atoms with van der Waals surface area (Å²) in [4.78, 5) is 13.4. The van der Waals surface area contributed by atoms with Crippen LogP contribution in [0.4, 0.5) is 4.39 Å². The van der Waals surface area contributed by atoms with Gasteiger partial charge in [-0.3, -0.25) is 10.1 Å². The maximum atomic E-state index is 13.3. The number of hydrogen-bond acceptors (Lipinski definition) is 5. The van der Waals surface area contributed by atoms with E-state index in [4.69, 9.17) is 9.84 Å². The van der Waals surface area contributed by atoms with Crippen molar-refractivity contribution in [2.24, 2.45) is 5.10 Å². The van der Waals surface area contributed by atoms with E-state index in [9.17, 15) is 9.18 Å². The van der Waals surface area contributed by atoms with Crippen LogP contribution < -0.4 is 10.1 Å². The summed E-state index contributed by atoms with van der Waals surface area (Å²) in [7, 11) is 0. The summed E-state index contributed by atoms with van der Waals surface area (Å²) in [6.07, 6.45) is 2.45. The number of rotatable bonds is 2. The van der Waals surface area contributed by atoms with Crippen molar-refractivity contribution in [3.8, 4) is 5.75 Å². The number of benzene rings is 3. The number of hydrogen-bond donors (Lipinski definition) is 1. The summed E-state index contributed by atoms with van der Waals surface area (Å²) in [5.74, 6) is 0.164. The van der Waals surface area contributed by atoms with Crippen molar-refractivity contribution in [1.29, 1.82) is 0 Å². The number of carbonyl (C=O) groups is 1. The molecule has 2 atom stereocenters. The van der Waals surface area contributed by atoms with Gasteiger partial charge in [-0.1, -0.05) is 60.7 Å². The Morgan fingerprint density at radius 1 is 1.06 bits per heavy atom. The van der Waals surface area contributed by atoms with Crippen molar-refractivity contribution in [3.05, 3.63) is 106 Å². The SMILES string of the molecule is O=C1N[C@@]2(Oc3ccccc3C3CC(c4ccccc4)=NN32)SC1=Cc1ccc(F)cc1. The number of nitrogens with zero attached hydrogens (tertiary/aromatic N) is 2. The highest BCUT2D eigenvalue weighted by Crippen LogP contribution is 2.53. The fourth-order valence-corrected chi connectivity index (χ4v) is 5.43. The van der Waals surface area contributed by atoms with Crippen molar-refractivity contribution < 1.29 is 13.9 Å². The standard InChI is InChI=1S/C25H18FN3O2S/c26-18-12-10-16(11-13-18)14-23-24(30)27-25(32-23)29-21(19-8-4-5-9-22(19)31-25)15-20(28-29)17-6-2-1-3-7-17/h1-14,21H,15H2,(H,27,30)/t21?,25-/m1/s1. The summed E-state index contributed by atoms with van der Waals surface area (Å²) in [6.45, 7) is 0. The molecule has 1 fully saturated rings. The highest BCUT2D eigenvalue weighted by molar-refractivity contribution is 8.05. The molecule has 0 aliphatic carbocycles. The molecule has 158 valence electrons. The Balaban J connectivity index is 1.42. The highest BCUT2D eigenvalue weighted by atomic mass is 32.2. The molecule has 1 unspecified atom stereocenters. The van der Waals surface area contributed by atoms with Gasteiger partial charge in [0.1, 0.15) is 11.6 Å². The maximum absolute atomic E-state index is 13.3. The minimum atomic E-state index is -1.18. The lowest BCUT2D eigenvalue weighted by Crippen LogP contribution is -2.58. The Morgan fingerprint density at radius 2 is 1.81 bits per heavy atom. The van der Waals surface area contributed by atoms with E-state index in [0.29, 0.717) is 11.3 Å². The first-order valence-corrected chi connectivity index (χ1v) is 11.1. The van der Waals surface area contributed by atoms with Gasteiger partial charge < -0.3 is 4.74 Å².